The zero-order valence-electron chi connectivity index (χ0n) is 15.7. The van der Waals surface area contributed by atoms with Crippen LogP contribution in [0.5, 0.6) is 5.75 Å². The van der Waals surface area contributed by atoms with E-state index in [-0.39, 0.29) is 12.2 Å². The van der Waals surface area contributed by atoms with Crippen LogP contribution in [0.25, 0.3) is 0 Å². The summed E-state index contributed by atoms with van der Waals surface area (Å²) in [5, 5.41) is 24.0. The number of hydrogen-bond donors (Lipinski definition) is 4. The highest BCUT2D eigenvalue weighted by Crippen LogP contribution is 2.19. The van der Waals surface area contributed by atoms with Crippen LogP contribution in [0.1, 0.15) is 30.0 Å². The first-order valence-corrected chi connectivity index (χ1v) is 9.01. The monoisotopic (exact) mass is 370 g/mol. The smallest absolute Gasteiger partial charge is 0.319 e. The van der Waals surface area contributed by atoms with Crippen LogP contribution in [0.4, 0.5) is 10.5 Å². The molecular formula is C21H26N2O4. The van der Waals surface area contributed by atoms with Gasteiger partial charge in [-0.15, -0.1) is 0 Å². The fraction of sp³-hybridized carbons (Fsp3) is 0.333. The number of benzene rings is 2. The van der Waals surface area contributed by atoms with Crippen molar-refractivity contribution in [2.24, 2.45) is 0 Å². The average molecular weight is 370 g/mol. The van der Waals surface area contributed by atoms with Gasteiger partial charge in [0.2, 0.25) is 0 Å². The van der Waals surface area contributed by atoms with Crippen molar-refractivity contribution in [1.29, 1.82) is 0 Å². The predicted octanol–water partition coefficient (Wildman–Crippen LogP) is 2.95. The first kappa shape index (κ1) is 20.5. The fourth-order valence-corrected chi connectivity index (χ4v) is 2.86. The second-order valence-electron chi connectivity index (χ2n) is 6.56. The van der Waals surface area contributed by atoms with Crippen LogP contribution in [0.3, 0.4) is 0 Å². The van der Waals surface area contributed by atoms with Crippen molar-refractivity contribution in [2.75, 3.05) is 11.9 Å². The summed E-state index contributed by atoms with van der Waals surface area (Å²) in [6.07, 6.45) is 2.01. The molecule has 2 amide bonds. The Morgan fingerprint density at radius 2 is 1.81 bits per heavy atom. The lowest BCUT2D eigenvalue weighted by Crippen LogP contribution is -2.45. The van der Waals surface area contributed by atoms with Gasteiger partial charge in [-0.25, -0.2) is 4.79 Å². The minimum absolute atomic E-state index is 0.123. The topological polar surface area (TPSA) is 98.7 Å². The molecule has 0 spiro atoms. The van der Waals surface area contributed by atoms with Crippen LogP contribution in [0.15, 0.2) is 42.5 Å². The number of Topliss-reactive ketones (excluding diaryl/α,β-unsaturated/α-hetero) is 1. The normalized spacial score (nSPS) is 11.7. The van der Waals surface area contributed by atoms with Crippen LogP contribution in [-0.4, -0.2) is 34.7 Å². The summed E-state index contributed by atoms with van der Waals surface area (Å²) in [5.74, 6) is -0.353. The van der Waals surface area contributed by atoms with E-state index in [1.165, 1.54) is 12.1 Å². The van der Waals surface area contributed by atoms with Gasteiger partial charge in [0, 0.05) is 5.69 Å². The number of amides is 2. The van der Waals surface area contributed by atoms with Crippen LogP contribution in [0, 0.1) is 6.92 Å². The van der Waals surface area contributed by atoms with E-state index in [0.29, 0.717) is 5.69 Å². The zero-order chi connectivity index (χ0) is 19.8. The minimum atomic E-state index is -0.861. The molecule has 0 radical (unpaired) electrons. The van der Waals surface area contributed by atoms with Gasteiger partial charge in [-0.2, -0.15) is 0 Å². The number of aromatic hydroxyl groups is 1. The van der Waals surface area contributed by atoms with E-state index < -0.39 is 24.5 Å². The Morgan fingerprint density at radius 1 is 1.11 bits per heavy atom. The van der Waals surface area contributed by atoms with Crippen molar-refractivity contribution in [3.63, 3.8) is 0 Å². The zero-order valence-corrected chi connectivity index (χ0v) is 15.7. The number of aryl methyl sites for hydroxylation is 2. The third-order valence-corrected chi connectivity index (χ3v) is 4.25. The third-order valence-electron chi connectivity index (χ3n) is 4.25. The number of carbonyl (C=O) groups excluding carboxylic acids is 2. The van der Waals surface area contributed by atoms with Crippen LogP contribution in [-0.2, 0) is 17.6 Å². The number of rotatable bonds is 8. The van der Waals surface area contributed by atoms with Crippen LogP contribution < -0.4 is 10.6 Å². The Labute approximate surface area is 159 Å². The highest BCUT2D eigenvalue weighted by molar-refractivity contribution is 5.95. The van der Waals surface area contributed by atoms with Crippen molar-refractivity contribution < 1.29 is 19.8 Å². The Bertz CT molecular complexity index is 787. The maximum atomic E-state index is 12.4. The van der Waals surface area contributed by atoms with Crippen molar-refractivity contribution >= 4 is 17.5 Å². The summed E-state index contributed by atoms with van der Waals surface area (Å²) < 4.78 is 0. The molecule has 0 aliphatic rings. The standard InChI is InChI=1S/C21H26N2O4/c1-3-4-16-11-14(2)5-10-18(16)22-21(27)23-19(20(26)13-24)12-15-6-8-17(25)9-7-15/h5-11,19,24-25H,3-4,12-13H2,1-2H3,(H2,22,23,27). The predicted molar refractivity (Wildman–Crippen MR) is 105 cm³/mol. The molecule has 144 valence electrons. The number of anilines is 1. The Hall–Kier alpha value is -2.86. The van der Waals surface area contributed by atoms with Crippen molar-refractivity contribution in [3.05, 3.63) is 59.2 Å². The summed E-state index contributed by atoms with van der Waals surface area (Å²) >= 11 is 0. The Morgan fingerprint density at radius 3 is 2.44 bits per heavy atom. The molecule has 0 bridgehead atoms. The molecule has 2 rings (SSSR count). The molecule has 0 saturated carbocycles. The van der Waals surface area contributed by atoms with Gasteiger partial charge in [0.1, 0.15) is 12.4 Å². The molecule has 0 saturated heterocycles. The molecule has 0 heterocycles. The van der Waals surface area contributed by atoms with Gasteiger partial charge in [0.05, 0.1) is 6.04 Å². The van der Waals surface area contributed by atoms with Gasteiger partial charge in [-0.05, 0) is 49.1 Å². The summed E-state index contributed by atoms with van der Waals surface area (Å²) in [6, 6.07) is 10.8. The SMILES string of the molecule is CCCc1cc(C)ccc1NC(=O)NC(Cc1ccc(O)cc1)C(=O)CO. The molecule has 0 aromatic heterocycles. The van der Waals surface area contributed by atoms with Gasteiger partial charge in [-0.1, -0.05) is 43.2 Å². The van der Waals surface area contributed by atoms with E-state index in [9.17, 15) is 19.8 Å². The molecule has 0 aliphatic heterocycles. The molecule has 2 aromatic rings. The second kappa shape index (κ2) is 9.73. The molecule has 6 nitrogen and oxygen atoms in total. The lowest BCUT2D eigenvalue weighted by molar-refractivity contribution is -0.123. The molecule has 27 heavy (non-hydrogen) atoms. The van der Waals surface area contributed by atoms with E-state index in [2.05, 4.69) is 17.6 Å². The number of nitrogens with one attached hydrogen (secondary N) is 2. The maximum Gasteiger partial charge on any atom is 0.319 e. The number of aliphatic hydroxyl groups is 1. The molecule has 1 atom stereocenters. The van der Waals surface area contributed by atoms with Gasteiger partial charge >= 0.3 is 6.03 Å². The third kappa shape index (κ3) is 6.11. The van der Waals surface area contributed by atoms with Gasteiger partial charge < -0.3 is 20.8 Å². The number of ketones is 1. The number of aliphatic hydroxyl groups excluding tert-OH is 1. The lowest BCUT2D eigenvalue weighted by Gasteiger charge is -2.18. The Balaban J connectivity index is 2.09. The fourth-order valence-electron chi connectivity index (χ4n) is 2.86. The molecule has 4 N–H and O–H groups in total. The maximum absolute atomic E-state index is 12.4. The first-order chi connectivity index (χ1) is 12.9. The number of hydrogen-bond acceptors (Lipinski definition) is 4. The van der Waals surface area contributed by atoms with E-state index in [4.69, 9.17) is 0 Å². The molecule has 2 aromatic carbocycles. The quantitative estimate of drug-likeness (QED) is 0.574. The second-order valence-corrected chi connectivity index (χ2v) is 6.56. The Kier molecular flexibility index (Phi) is 7.37. The van der Waals surface area contributed by atoms with Crippen molar-refractivity contribution in [1.82, 2.24) is 5.32 Å². The highest BCUT2D eigenvalue weighted by atomic mass is 16.3. The van der Waals surface area contributed by atoms with E-state index >= 15 is 0 Å². The van der Waals surface area contributed by atoms with Gasteiger partial charge in [0.15, 0.2) is 5.78 Å². The van der Waals surface area contributed by atoms with Crippen molar-refractivity contribution in [2.45, 2.75) is 39.2 Å². The first-order valence-electron chi connectivity index (χ1n) is 9.01. The van der Waals surface area contributed by atoms with Crippen molar-refractivity contribution in [3.8, 4) is 5.75 Å². The average Bonchev–Trinajstić information content (AvgIpc) is 2.64. The number of carbonyl (C=O) groups is 2. The van der Waals surface area contributed by atoms with Gasteiger partial charge in [0.25, 0.3) is 0 Å². The summed E-state index contributed by atoms with van der Waals surface area (Å²) in [7, 11) is 0. The van der Waals surface area contributed by atoms with Gasteiger partial charge in [-0.3, -0.25) is 4.79 Å². The lowest BCUT2D eigenvalue weighted by atomic mass is 10.0. The molecule has 6 heteroatoms. The minimum Gasteiger partial charge on any atom is -0.508 e. The van der Waals surface area contributed by atoms with E-state index in [1.54, 1.807) is 12.1 Å². The van der Waals surface area contributed by atoms with Crippen LogP contribution in [0.2, 0.25) is 0 Å². The molecule has 0 fully saturated rings. The summed E-state index contributed by atoms with van der Waals surface area (Å²) in [4.78, 5) is 24.5. The number of urea groups is 1. The van der Waals surface area contributed by atoms with E-state index in [0.717, 1.165) is 29.5 Å². The largest absolute Gasteiger partial charge is 0.508 e. The molecule has 0 aliphatic carbocycles. The summed E-state index contributed by atoms with van der Waals surface area (Å²) in [6.45, 7) is 3.41. The number of phenolic OH excluding ortho intramolecular Hbond substituents is 1. The highest BCUT2D eigenvalue weighted by Gasteiger charge is 2.21. The van der Waals surface area contributed by atoms with Crippen LogP contribution >= 0.6 is 0 Å². The molecular weight excluding hydrogens is 344 g/mol. The number of phenols is 1. The van der Waals surface area contributed by atoms with E-state index in [1.807, 2.05) is 25.1 Å². The summed E-state index contributed by atoms with van der Waals surface area (Å²) in [5.41, 5.74) is 3.63. The molecule has 1 unspecified atom stereocenters.